The van der Waals surface area contributed by atoms with E-state index < -0.39 is 0 Å². The molecule has 0 aromatic heterocycles. The van der Waals surface area contributed by atoms with Crippen molar-refractivity contribution >= 4 is 28.5 Å². The Morgan fingerprint density at radius 1 is 1.00 bits per heavy atom. The number of hydrogen-bond acceptors (Lipinski definition) is 5. The number of para-hydroxylation sites is 1. The van der Waals surface area contributed by atoms with E-state index in [-0.39, 0.29) is 11.2 Å². The zero-order chi connectivity index (χ0) is 19.9. The topological polar surface area (TPSA) is 51.1 Å². The van der Waals surface area contributed by atoms with Crippen molar-refractivity contribution in [2.24, 2.45) is 4.99 Å². The van der Waals surface area contributed by atoms with Gasteiger partial charge in [-0.1, -0.05) is 30.0 Å². The molecular weight excluding hydrogens is 372 g/mol. The Balaban J connectivity index is 1.78. The van der Waals surface area contributed by atoms with Gasteiger partial charge in [0.25, 0.3) is 0 Å². The molecule has 1 fully saturated rings. The number of nitrogens with zero attached hydrogens (tertiary/aromatic N) is 2. The van der Waals surface area contributed by atoms with Gasteiger partial charge in [0.05, 0.1) is 24.2 Å². The van der Waals surface area contributed by atoms with Crippen LogP contribution in [0.2, 0.25) is 0 Å². The second-order valence-electron chi connectivity index (χ2n) is 6.26. The lowest BCUT2D eigenvalue weighted by Gasteiger charge is -2.14. The minimum Gasteiger partial charge on any atom is -0.494 e. The molecule has 1 aliphatic heterocycles. The Morgan fingerprint density at radius 2 is 1.71 bits per heavy atom. The molecule has 2 aromatic carbocycles. The monoisotopic (exact) mass is 398 g/mol. The zero-order valence-corrected chi connectivity index (χ0v) is 17.4. The second kappa shape index (κ2) is 9.64. The van der Waals surface area contributed by atoms with Gasteiger partial charge in [-0.05, 0) is 63.1 Å². The molecule has 0 N–H and O–H groups in total. The first-order chi connectivity index (χ1) is 13.7. The van der Waals surface area contributed by atoms with Crippen LogP contribution in [0.3, 0.4) is 0 Å². The Morgan fingerprint density at radius 3 is 2.39 bits per heavy atom. The summed E-state index contributed by atoms with van der Waals surface area (Å²) in [5.74, 6) is 1.76. The van der Waals surface area contributed by atoms with Gasteiger partial charge in [-0.15, -0.1) is 0 Å². The van der Waals surface area contributed by atoms with E-state index in [1.807, 2.05) is 69.3 Å². The molecule has 5 nitrogen and oxygen atoms in total. The lowest BCUT2D eigenvalue weighted by molar-refractivity contribution is -0.126. The lowest BCUT2D eigenvalue weighted by atomic mass is 10.1. The van der Waals surface area contributed by atoms with Crippen LogP contribution in [0.1, 0.15) is 26.3 Å². The van der Waals surface area contributed by atoms with Crippen LogP contribution in [0, 0.1) is 0 Å². The van der Waals surface area contributed by atoms with E-state index in [1.54, 1.807) is 4.90 Å². The first kappa shape index (κ1) is 20.3. The van der Waals surface area contributed by atoms with Gasteiger partial charge in [0.1, 0.15) is 11.5 Å². The fraction of sp³-hybridized carbons (Fsp3) is 0.364. The van der Waals surface area contributed by atoms with Crippen molar-refractivity contribution in [3.63, 3.8) is 0 Å². The summed E-state index contributed by atoms with van der Waals surface area (Å²) in [5, 5.41) is 0.554. The molecule has 1 aliphatic rings. The van der Waals surface area contributed by atoms with Crippen LogP contribution >= 0.6 is 11.8 Å². The van der Waals surface area contributed by atoms with Crippen LogP contribution < -0.4 is 9.47 Å². The van der Waals surface area contributed by atoms with Crippen LogP contribution in [0.4, 0.5) is 5.69 Å². The van der Waals surface area contributed by atoms with Gasteiger partial charge in [-0.25, -0.2) is 4.99 Å². The molecule has 0 saturated carbocycles. The summed E-state index contributed by atoms with van der Waals surface area (Å²) in [6, 6.07) is 15.5. The molecule has 6 heteroatoms. The van der Waals surface area contributed by atoms with E-state index in [9.17, 15) is 4.79 Å². The van der Waals surface area contributed by atoms with Gasteiger partial charge < -0.3 is 9.47 Å². The highest BCUT2D eigenvalue weighted by molar-refractivity contribution is 8.15. The molecule has 0 radical (unpaired) electrons. The van der Waals surface area contributed by atoms with E-state index in [1.165, 1.54) is 11.8 Å². The number of amides is 1. The molecule has 3 rings (SSSR count). The summed E-state index contributed by atoms with van der Waals surface area (Å²) in [4.78, 5) is 19.4. The average Bonchev–Trinajstić information content (AvgIpc) is 2.99. The van der Waals surface area contributed by atoms with E-state index in [0.29, 0.717) is 26.2 Å². The summed E-state index contributed by atoms with van der Waals surface area (Å²) >= 11 is 1.52. The van der Waals surface area contributed by atoms with Crippen molar-refractivity contribution < 1.29 is 14.3 Å². The maximum atomic E-state index is 12.9. The molecule has 2 aromatic rings. The Kier molecular flexibility index (Phi) is 6.98. The third-order valence-corrected chi connectivity index (χ3v) is 5.56. The van der Waals surface area contributed by atoms with Crippen molar-refractivity contribution in [1.29, 1.82) is 0 Å². The Bertz CT molecular complexity index is 836. The summed E-state index contributed by atoms with van der Waals surface area (Å²) in [6.07, 6.45) is 0.623. The van der Waals surface area contributed by atoms with Gasteiger partial charge in [0.15, 0.2) is 5.17 Å². The van der Waals surface area contributed by atoms with Crippen LogP contribution in [-0.2, 0) is 11.2 Å². The highest BCUT2D eigenvalue weighted by atomic mass is 32.2. The third-order valence-electron chi connectivity index (χ3n) is 4.39. The van der Waals surface area contributed by atoms with E-state index in [0.717, 1.165) is 27.9 Å². The molecule has 1 saturated heterocycles. The molecule has 0 bridgehead atoms. The minimum atomic E-state index is -0.192. The number of ether oxygens (including phenoxy) is 2. The fourth-order valence-electron chi connectivity index (χ4n) is 3.08. The molecular formula is C22H26N2O3S. The van der Waals surface area contributed by atoms with Crippen molar-refractivity contribution in [2.75, 3.05) is 19.8 Å². The van der Waals surface area contributed by atoms with E-state index in [4.69, 9.17) is 14.5 Å². The largest absolute Gasteiger partial charge is 0.494 e. The van der Waals surface area contributed by atoms with Gasteiger partial charge in [-0.2, -0.15) is 0 Å². The summed E-state index contributed by atoms with van der Waals surface area (Å²) in [6.45, 7) is 7.74. The van der Waals surface area contributed by atoms with Crippen LogP contribution in [0.25, 0.3) is 0 Å². The maximum Gasteiger partial charge on any atom is 0.242 e. The average molecular weight is 399 g/mol. The Hall–Kier alpha value is -2.47. The van der Waals surface area contributed by atoms with E-state index >= 15 is 0 Å². The smallest absolute Gasteiger partial charge is 0.242 e. The van der Waals surface area contributed by atoms with Gasteiger partial charge in [0, 0.05) is 6.54 Å². The van der Waals surface area contributed by atoms with Gasteiger partial charge >= 0.3 is 0 Å². The molecule has 148 valence electrons. The molecule has 1 amide bonds. The normalized spacial score (nSPS) is 18.0. The van der Waals surface area contributed by atoms with Crippen molar-refractivity contribution in [1.82, 2.24) is 4.90 Å². The molecule has 0 unspecified atom stereocenters. The van der Waals surface area contributed by atoms with Crippen molar-refractivity contribution in [2.45, 2.75) is 32.4 Å². The summed E-state index contributed by atoms with van der Waals surface area (Å²) in [7, 11) is 0. The van der Waals surface area contributed by atoms with Crippen molar-refractivity contribution in [3.8, 4) is 11.5 Å². The van der Waals surface area contributed by atoms with E-state index in [2.05, 4.69) is 0 Å². The number of carbonyl (C=O) groups excluding carboxylic acids is 1. The third kappa shape index (κ3) is 4.68. The molecule has 28 heavy (non-hydrogen) atoms. The number of carbonyl (C=O) groups is 1. The number of thioether (sulfide) groups is 1. The summed E-state index contributed by atoms with van der Waals surface area (Å²) < 4.78 is 11.2. The van der Waals surface area contributed by atoms with Crippen LogP contribution in [0.15, 0.2) is 53.5 Å². The number of amidine groups is 1. The summed E-state index contributed by atoms with van der Waals surface area (Å²) in [5.41, 5.74) is 1.86. The predicted molar refractivity (Wildman–Crippen MR) is 115 cm³/mol. The number of benzene rings is 2. The number of hydrogen-bond donors (Lipinski definition) is 0. The predicted octanol–water partition coefficient (Wildman–Crippen LogP) is 4.68. The highest BCUT2D eigenvalue weighted by Crippen LogP contribution is 2.33. The quantitative estimate of drug-likeness (QED) is 0.648. The first-order valence-corrected chi connectivity index (χ1v) is 10.5. The van der Waals surface area contributed by atoms with Crippen molar-refractivity contribution in [3.05, 3.63) is 54.1 Å². The minimum absolute atomic E-state index is 0.100. The van der Waals surface area contributed by atoms with Crippen LogP contribution in [-0.4, -0.2) is 41.0 Å². The van der Waals surface area contributed by atoms with Gasteiger partial charge in [0.2, 0.25) is 5.91 Å². The number of rotatable bonds is 8. The molecule has 0 spiro atoms. The first-order valence-electron chi connectivity index (χ1n) is 9.66. The molecule has 0 aliphatic carbocycles. The molecule has 1 heterocycles. The lowest BCUT2D eigenvalue weighted by Crippen LogP contribution is -2.32. The standard InChI is InChI=1S/C22H26N2O3S/c1-4-24-21(25)20(15-16-9-7-8-10-19(16)27-6-3)28-22(24)23-17-11-13-18(14-12-17)26-5-2/h7-14,20H,4-6,15H2,1-3H3/t20-/m0/s1. The second-order valence-corrected chi connectivity index (χ2v) is 7.43. The fourth-order valence-corrected chi connectivity index (χ4v) is 4.33. The zero-order valence-electron chi connectivity index (χ0n) is 16.6. The van der Waals surface area contributed by atoms with Crippen LogP contribution in [0.5, 0.6) is 11.5 Å². The number of aliphatic imine (C=N–C) groups is 1. The van der Waals surface area contributed by atoms with Gasteiger partial charge in [-0.3, -0.25) is 9.69 Å². The maximum absolute atomic E-state index is 12.9. The highest BCUT2D eigenvalue weighted by Gasteiger charge is 2.37. The SMILES string of the molecule is CCOc1ccc(N=C2S[C@@H](Cc3ccccc3OCC)C(=O)N2CC)cc1. The Labute approximate surface area is 170 Å². The molecule has 1 atom stereocenters.